The fourth-order valence-electron chi connectivity index (χ4n) is 2.66. The lowest BCUT2D eigenvalue weighted by molar-refractivity contribution is 0.267. The van der Waals surface area contributed by atoms with E-state index in [9.17, 15) is 8.42 Å². The summed E-state index contributed by atoms with van der Waals surface area (Å²) in [7, 11) is -3.63. The Morgan fingerprint density at radius 2 is 1.85 bits per heavy atom. The van der Waals surface area contributed by atoms with Gasteiger partial charge in [-0.05, 0) is 52.4 Å². The van der Waals surface area contributed by atoms with Gasteiger partial charge in [-0.15, -0.1) is 0 Å². The first-order valence-corrected chi connectivity index (χ1v) is 9.01. The molecule has 1 rings (SSSR count). The summed E-state index contributed by atoms with van der Waals surface area (Å²) in [5, 5.41) is 0. The molecule has 0 aliphatic heterocycles. The number of hydrogen-bond donors (Lipinski definition) is 3. The zero-order valence-electron chi connectivity index (χ0n) is 12.8. The SMILES string of the molecule is CCC1CCC(NS(=O)(=O)NC(C)(C)C)(C(N)=S)CC1. The van der Waals surface area contributed by atoms with Gasteiger partial charge in [0, 0.05) is 5.54 Å². The molecule has 0 aromatic rings. The average molecular weight is 322 g/mol. The van der Waals surface area contributed by atoms with Crippen LogP contribution in [0.3, 0.4) is 0 Å². The van der Waals surface area contributed by atoms with E-state index in [0.717, 1.165) is 19.3 Å². The fraction of sp³-hybridized carbons (Fsp3) is 0.923. The van der Waals surface area contributed by atoms with Crippen molar-refractivity contribution in [3.63, 3.8) is 0 Å². The van der Waals surface area contributed by atoms with Crippen molar-refractivity contribution in [2.75, 3.05) is 0 Å². The second-order valence-corrected chi connectivity index (χ2v) is 8.61. The summed E-state index contributed by atoms with van der Waals surface area (Å²) in [4.78, 5) is 0.242. The van der Waals surface area contributed by atoms with Gasteiger partial charge in [0.15, 0.2) is 0 Å². The molecule has 7 heteroatoms. The number of nitrogens with two attached hydrogens (primary N) is 1. The molecule has 0 saturated heterocycles. The van der Waals surface area contributed by atoms with E-state index in [1.807, 2.05) is 0 Å². The van der Waals surface area contributed by atoms with Crippen molar-refractivity contribution in [1.82, 2.24) is 9.44 Å². The topological polar surface area (TPSA) is 84.2 Å². The highest BCUT2D eigenvalue weighted by Gasteiger charge is 2.41. The van der Waals surface area contributed by atoms with Crippen LogP contribution in [0.5, 0.6) is 0 Å². The van der Waals surface area contributed by atoms with Gasteiger partial charge in [-0.1, -0.05) is 25.6 Å². The predicted octanol–water partition coefficient (Wildman–Crippen LogP) is 1.83. The van der Waals surface area contributed by atoms with Crippen LogP contribution >= 0.6 is 12.2 Å². The third-order valence-corrected chi connectivity index (χ3v) is 5.71. The number of nitrogens with one attached hydrogen (secondary N) is 2. The Morgan fingerprint density at radius 3 is 2.20 bits per heavy atom. The highest BCUT2D eigenvalue weighted by molar-refractivity contribution is 7.87. The zero-order chi connectivity index (χ0) is 15.6. The minimum atomic E-state index is -3.63. The van der Waals surface area contributed by atoms with Crippen molar-refractivity contribution in [2.45, 2.75) is 70.9 Å². The van der Waals surface area contributed by atoms with Gasteiger partial charge in [0.2, 0.25) is 0 Å². The highest BCUT2D eigenvalue weighted by Crippen LogP contribution is 2.34. The van der Waals surface area contributed by atoms with Gasteiger partial charge in [-0.25, -0.2) is 0 Å². The molecule has 0 radical (unpaired) electrons. The zero-order valence-corrected chi connectivity index (χ0v) is 14.5. The molecule has 1 aliphatic carbocycles. The van der Waals surface area contributed by atoms with E-state index < -0.39 is 21.3 Å². The number of hydrogen-bond acceptors (Lipinski definition) is 3. The Hall–Kier alpha value is -0.240. The molecule has 0 unspecified atom stereocenters. The van der Waals surface area contributed by atoms with Crippen LogP contribution in [0.2, 0.25) is 0 Å². The predicted molar refractivity (Wildman–Crippen MR) is 86.7 cm³/mol. The van der Waals surface area contributed by atoms with Gasteiger partial charge < -0.3 is 5.73 Å². The normalized spacial score (nSPS) is 28.3. The molecule has 1 aliphatic rings. The molecule has 20 heavy (non-hydrogen) atoms. The van der Waals surface area contributed by atoms with Crippen LogP contribution in [0.4, 0.5) is 0 Å². The van der Waals surface area contributed by atoms with Gasteiger partial charge in [0.25, 0.3) is 10.2 Å². The molecule has 0 amide bonds. The summed E-state index contributed by atoms with van der Waals surface area (Å²) >= 11 is 5.13. The molecule has 0 aromatic carbocycles. The molecule has 118 valence electrons. The van der Waals surface area contributed by atoms with Gasteiger partial charge >= 0.3 is 0 Å². The van der Waals surface area contributed by atoms with Crippen LogP contribution in [-0.2, 0) is 10.2 Å². The summed E-state index contributed by atoms with van der Waals surface area (Å²) < 4.78 is 29.8. The van der Waals surface area contributed by atoms with Gasteiger partial charge in [0.1, 0.15) is 0 Å². The van der Waals surface area contributed by atoms with Crippen LogP contribution < -0.4 is 15.2 Å². The lowest BCUT2D eigenvalue weighted by Crippen LogP contribution is -2.62. The van der Waals surface area contributed by atoms with Crippen molar-refractivity contribution in [3.05, 3.63) is 0 Å². The summed E-state index contributed by atoms with van der Waals surface area (Å²) in [6.45, 7) is 7.55. The Kier molecular flexibility index (Phi) is 5.57. The monoisotopic (exact) mass is 321 g/mol. The molecular formula is C13H27N3O2S2. The minimum Gasteiger partial charge on any atom is -0.392 e. The summed E-state index contributed by atoms with van der Waals surface area (Å²) in [6, 6.07) is 0. The largest absolute Gasteiger partial charge is 0.392 e. The van der Waals surface area contributed by atoms with Crippen molar-refractivity contribution in [3.8, 4) is 0 Å². The van der Waals surface area contributed by atoms with Crippen LogP contribution in [0, 0.1) is 5.92 Å². The molecule has 0 atom stereocenters. The maximum absolute atomic E-state index is 12.2. The van der Waals surface area contributed by atoms with E-state index in [-0.39, 0.29) is 4.99 Å². The molecule has 1 fully saturated rings. The first-order valence-electron chi connectivity index (χ1n) is 7.12. The van der Waals surface area contributed by atoms with E-state index in [1.165, 1.54) is 0 Å². The Bertz CT molecular complexity index is 447. The molecule has 4 N–H and O–H groups in total. The summed E-state index contributed by atoms with van der Waals surface area (Å²) in [5.41, 5.74) is 4.52. The Morgan fingerprint density at radius 1 is 1.35 bits per heavy atom. The van der Waals surface area contributed by atoms with E-state index >= 15 is 0 Å². The summed E-state index contributed by atoms with van der Waals surface area (Å²) in [5.74, 6) is 0.637. The second kappa shape index (κ2) is 6.25. The minimum absolute atomic E-state index is 0.242. The van der Waals surface area contributed by atoms with E-state index in [1.54, 1.807) is 20.8 Å². The van der Waals surface area contributed by atoms with Crippen molar-refractivity contribution in [2.24, 2.45) is 11.7 Å². The smallest absolute Gasteiger partial charge is 0.278 e. The first-order chi connectivity index (χ1) is 9.00. The lowest BCUT2D eigenvalue weighted by atomic mass is 9.76. The van der Waals surface area contributed by atoms with Gasteiger partial charge in [0.05, 0.1) is 10.5 Å². The molecule has 5 nitrogen and oxygen atoms in total. The van der Waals surface area contributed by atoms with E-state index in [2.05, 4.69) is 16.4 Å². The van der Waals surface area contributed by atoms with Crippen LogP contribution in [-0.4, -0.2) is 24.5 Å². The Labute approximate surface area is 128 Å². The molecule has 0 aromatic heterocycles. The van der Waals surface area contributed by atoms with Crippen molar-refractivity contribution >= 4 is 27.4 Å². The number of rotatable bonds is 5. The van der Waals surface area contributed by atoms with Crippen molar-refractivity contribution in [1.29, 1.82) is 0 Å². The average Bonchev–Trinajstić information content (AvgIpc) is 2.25. The lowest BCUT2D eigenvalue weighted by Gasteiger charge is -2.40. The molecule has 1 saturated carbocycles. The molecular weight excluding hydrogens is 294 g/mol. The van der Waals surface area contributed by atoms with Crippen molar-refractivity contribution < 1.29 is 8.42 Å². The summed E-state index contributed by atoms with van der Waals surface area (Å²) in [6.07, 6.45) is 4.36. The van der Waals surface area contributed by atoms with Crippen LogP contribution in [0.1, 0.15) is 59.8 Å². The Balaban J connectivity index is 2.86. The standard InChI is InChI=1S/C13H27N3O2S2/c1-5-10-6-8-13(9-7-10,11(14)19)16-20(17,18)15-12(2,3)4/h10,15-16H,5-9H2,1-4H3,(H2,14,19). The molecule has 0 heterocycles. The third-order valence-electron chi connectivity index (χ3n) is 3.78. The number of thiocarbonyl (C=S) groups is 1. The van der Waals surface area contributed by atoms with E-state index in [0.29, 0.717) is 18.8 Å². The van der Waals surface area contributed by atoms with Crippen LogP contribution in [0.25, 0.3) is 0 Å². The van der Waals surface area contributed by atoms with Crippen LogP contribution in [0.15, 0.2) is 0 Å². The van der Waals surface area contributed by atoms with Gasteiger partial charge in [-0.2, -0.15) is 17.9 Å². The molecule has 0 bridgehead atoms. The van der Waals surface area contributed by atoms with E-state index in [4.69, 9.17) is 18.0 Å². The maximum Gasteiger partial charge on any atom is 0.278 e. The third kappa shape index (κ3) is 4.95. The highest BCUT2D eigenvalue weighted by atomic mass is 32.2. The fourth-order valence-corrected chi connectivity index (χ4v) is 4.67. The second-order valence-electron chi connectivity index (χ2n) is 6.76. The quantitative estimate of drug-likeness (QED) is 0.675. The maximum atomic E-state index is 12.2. The molecule has 0 spiro atoms. The van der Waals surface area contributed by atoms with Gasteiger partial charge in [-0.3, -0.25) is 0 Å². The first kappa shape index (κ1) is 17.8.